The number of rotatable bonds is 4. The molecule has 0 unspecified atom stereocenters. The lowest BCUT2D eigenvalue weighted by atomic mass is 9.80. The van der Waals surface area contributed by atoms with Crippen molar-refractivity contribution in [2.45, 2.75) is 57.8 Å². The molecule has 3 nitrogen and oxygen atoms in total. The maximum Gasteiger partial charge on any atom is 0.229 e. The summed E-state index contributed by atoms with van der Waals surface area (Å²) >= 11 is 0. The third kappa shape index (κ3) is 2.80. The Hall–Kier alpha value is -0.860. The van der Waals surface area contributed by atoms with Gasteiger partial charge in [-0.15, -0.1) is 0 Å². The Kier molecular flexibility index (Phi) is 3.75. The highest BCUT2D eigenvalue weighted by Gasteiger charge is 2.24. The van der Waals surface area contributed by atoms with Gasteiger partial charge >= 0.3 is 0 Å². The molecule has 0 bridgehead atoms. The molecule has 84 valence electrons. The van der Waals surface area contributed by atoms with E-state index in [0.717, 1.165) is 11.8 Å². The fourth-order valence-corrected chi connectivity index (χ4v) is 2.55. The zero-order valence-corrected chi connectivity index (χ0v) is 9.48. The molecule has 0 saturated heterocycles. The van der Waals surface area contributed by atoms with E-state index in [2.05, 4.69) is 17.1 Å². The van der Waals surface area contributed by atoms with Crippen LogP contribution in [0.4, 0.5) is 0 Å². The summed E-state index contributed by atoms with van der Waals surface area (Å²) in [5.74, 6) is 2.33. The molecule has 0 spiro atoms. The lowest BCUT2D eigenvalue weighted by Crippen LogP contribution is -2.13. The summed E-state index contributed by atoms with van der Waals surface area (Å²) in [6, 6.07) is 0. The molecule has 0 atom stereocenters. The van der Waals surface area contributed by atoms with Gasteiger partial charge in [0.2, 0.25) is 5.89 Å². The predicted octanol–water partition coefficient (Wildman–Crippen LogP) is 3.53. The molecule has 2 rings (SSSR count). The van der Waals surface area contributed by atoms with Crippen LogP contribution >= 0.6 is 0 Å². The fraction of sp³-hybridized carbons (Fsp3) is 0.833. The maximum absolute atomic E-state index is 5.13. The molecular weight excluding hydrogens is 188 g/mol. The van der Waals surface area contributed by atoms with E-state index < -0.39 is 0 Å². The van der Waals surface area contributed by atoms with Gasteiger partial charge in [0.25, 0.3) is 0 Å². The SMILES string of the molecule is CCCCC1CCC(c2ncno2)CC1. The van der Waals surface area contributed by atoms with Crippen molar-refractivity contribution in [3.05, 3.63) is 12.2 Å². The van der Waals surface area contributed by atoms with E-state index in [4.69, 9.17) is 4.52 Å². The minimum atomic E-state index is 0.533. The van der Waals surface area contributed by atoms with Gasteiger partial charge in [0.05, 0.1) is 0 Å². The second-order valence-electron chi connectivity index (χ2n) is 4.64. The van der Waals surface area contributed by atoms with Crippen LogP contribution in [0.15, 0.2) is 10.9 Å². The second kappa shape index (κ2) is 5.29. The molecule has 15 heavy (non-hydrogen) atoms. The molecular formula is C12H20N2O. The lowest BCUT2D eigenvalue weighted by molar-refractivity contribution is 0.260. The zero-order chi connectivity index (χ0) is 10.5. The smallest absolute Gasteiger partial charge is 0.229 e. The standard InChI is InChI=1S/C12H20N2O/c1-2-3-4-10-5-7-11(8-6-10)12-13-9-14-15-12/h9-11H,2-8H2,1H3. The monoisotopic (exact) mass is 208 g/mol. The van der Waals surface area contributed by atoms with Gasteiger partial charge in [-0.05, 0) is 31.6 Å². The maximum atomic E-state index is 5.13. The first-order valence-electron chi connectivity index (χ1n) is 6.16. The van der Waals surface area contributed by atoms with Crippen molar-refractivity contribution in [2.24, 2.45) is 5.92 Å². The molecule has 1 saturated carbocycles. The lowest BCUT2D eigenvalue weighted by Gasteiger charge is -2.26. The van der Waals surface area contributed by atoms with Crippen LogP contribution in [0.5, 0.6) is 0 Å². The quantitative estimate of drug-likeness (QED) is 0.759. The molecule has 1 heterocycles. The summed E-state index contributed by atoms with van der Waals surface area (Å²) < 4.78 is 5.13. The van der Waals surface area contributed by atoms with Gasteiger partial charge in [-0.3, -0.25) is 0 Å². The third-order valence-corrected chi connectivity index (χ3v) is 3.54. The van der Waals surface area contributed by atoms with Crippen LogP contribution < -0.4 is 0 Å². The summed E-state index contributed by atoms with van der Waals surface area (Å²) in [7, 11) is 0. The summed E-state index contributed by atoms with van der Waals surface area (Å²) in [4.78, 5) is 4.15. The molecule has 0 radical (unpaired) electrons. The normalized spacial score (nSPS) is 26.7. The van der Waals surface area contributed by atoms with Crippen molar-refractivity contribution in [3.8, 4) is 0 Å². The molecule has 1 aliphatic carbocycles. The topological polar surface area (TPSA) is 38.9 Å². The van der Waals surface area contributed by atoms with Crippen LogP contribution in [0.3, 0.4) is 0 Å². The Morgan fingerprint density at radius 1 is 1.33 bits per heavy atom. The molecule has 1 aliphatic rings. The van der Waals surface area contributed by atoms with Crippen molar-refractivity contribution < 1.29 is 4.52 Å². The molecule has 1 aromatic rings. The minimum Gasteiger partial charge on any atom is -0.339 e. The number of hydrogen-bond donors (Lipinski definition) is 0. The first-order chi connectivity index (χ1) is 7.40. The van der Waals surface area contributed by atoms with E-state index in [9.17, 15) is 0 Å². The van der Waals surface area contributed by atoms with Crippen molar-refractivity contribution in [3.63, 3.8) is 0 Å². The Balaban J connectivity index is 1.77. The number of nitrogens with zero attached hydrogens (tertiary/aromatic N) is 2. The van der Waals surface area contributed by atoms with E-state index in [1.165, 1.54) is 51.3 Å². The molecule has 0 aliphatic heterocycles. The van der Waals surface area contributed by atoms with E-state index >= 15 is 0 Å². The first kappa shape index (κ1) is 10.7. The van der Waals surface area contributed by atoms with Gasteiger partial charge in [0.1, 0.15) is 0 Å². The molecule has 3 heteroatoms. The average molecular weight is 208 g/mol. The van der Waals surface area contributed by atoms with Crippen molar-refractivity contribution in [2.75, 3.05) is 0 Å². The average Bonchev–Trinajstić information content (AvgIpc) is 2.80. The van der Waals surface area contributed by atoms with Gasteiger partial charge in [-0.2, -0.15) is 4.98 Å². The number of hydrogen-bond acceptors (Lipinski definition) is 3. The van der Waals surface area contributed by atoms with Crippen molar-refractivity contribution >= 4 is 0 Å². The minimum absolute atomic E-state index is 0.533. The third-order valence-electron chi connectivity index (χ3n) is 3.54. The van der Waals surface area contributed by atoms with Gasteiger partial charge in [-0.25, -0.2) is 0 Å². The summed E-state index contributed by atoms with van der Waals surface area (Å²) in [6.07, 6.45) is 10.8. The van der Waals surface area contributed by atoms with Crippen LogP contribution in [-0.2, 0) is 0 Å². The van der Waals surface area contributed by atoms with Crippen molar-refractivity contribution in [1.82, 2.24) is 10.1 Å². The Morgan fingerprint density at radius 2 is 2.13 bits per heavy atom. The van der Waals surface area contributed by atoms with Crippen LogP contribution in [0.1, 0.15) is 63.7 Å². The summed E-state index contributed by atoms with van der Waals surface area (Å²) in [5, 5.41) is 3.68. The molecule has 0 amide bonds. The predicted molar refractivity (Wildman–Crippen MR) is 58.5 cm³/mol. The van der Waals surface area contributed by atoms with E-state index in [-0.39, 0.29) is 0 Å². The van der Waals surface area contributed by atoms with E-state index in [0.29, 0.717) is 5.92 Å². The summed E-state index contributed by atoms with van der Waals surface area (Å²) in [5.41, 5.74) is 0. The van der Waals surface area contributed by atoms with Crippen LogP contribution in [0.2, 0.25) is 0 Å². The highest BCUT2D eigenvalue weighted by atomic mass is 16.5. The Labute approximate surface area is 91.3 Å². The van der Waals surface area contributed by atoms with Gasteiger partial charge < -0.3 is 4.52 Å². The van der Waals surface area contributed by atoms with Gasteiger partial charge in [-0.1, -0.05) is 31.3 Å². The van der Waals surface area contributed by atoms with Gasteiger partial charge in [0, 0.05) is 5.92 Å². The van der Waals surface area contributed by atoms with E-state index in [1.54, 1.807) is 0 Å². The Bertz CT molecular complexity index is 263. The van der Waals surface area contributed by atoms with Crippen LogP contribution in [-0.4, -0.2) is 10.1 Å². The van der Waals surface area contributed by atoms with Gasteiger partial charge in [0.15, 0.2) is 6.33 Å². The molecule has 0 N–H and O–H groups in total. The largest absolute Gasteiger partial charge is 0.339 e. The van der Waals surface area contributed by atoms with E-state index in [1.807, 2.05) is 0 Å². The molecule has 1 aromatic heterocycles. The van der Waals surface area contributed by atoms with Crippen molar-refractivity contribution in [1.29, 1.82) is 0 Å². The first-order valence-corrected chi connectivity index (χ1v) is 6.16. The second-order valence-corrected chi connectivity index (χ2v) is 4.64. The highest BCUT2D eigenvalue weighted by molar-refractivity contribution is 4.92. The Morgan fingerprint density at radius 3 is 2.73 bits per heavy atom. The molecule has 1 fully saturated rings. The zero-order valence-electron chi connectivity index (χ0n) is 9.48. The fourth-order valence-electron chi connectivity index (χ4n) is 2.55. The number of aromatic nitrogens is 2. The number of unbranched alkanes of at least 4 members (excludes halogenated alkanes) is 1. The summed E-state index contributed by atoms with van der Waals surface area (Å²) in [6.45, 7) is 2.27. The highest BCUT2D eigenvalue weighted by Crippen LogP contribution is 2.36. The molecule has 0 aromatic carbocycles. The van der Waals surface area contributed by atoms with Crippen LogP contribution in [0, 0.1) is 5.92 Å². The van der Waals surface area contributed by atoms with Crippen LogP contribution in [0.25, 0.3) is 0 Å².